The van der Waals surface area contributed by atoms with Crippen molar-refractivity contribution < 1.29 is 14.3 Å². The van der Waals surface area contributed by atoms with Crippen LogP contribution in [0.3, 0.4) is 0 Å². The first-order valence-corrected chi connectivity index (χ1v) is 6.95. The molecule has 5 nitrogen and oxygen atoms in total. The van der Waals surface area contributed by atoms with Crippen molar-refractivity contribution in [3.8, 4) is 0 Å². The highest BCUT2D eigenvalue weighted by atomic mass is 16.5. The maximum atomic E-state index is 12.2. The molecule has 0 aliphatic carbocycles. The second-order valence-electron chi connectivity index (χ2n) is 5.18. The average Bonchev–Trinajstić information content (AvgIpc) is 2.96. The van der Waals surface area contributed by atoms with Crippen LogP contribution in [0, 0.1) is 5.92 Å². The molecule has 18 heavy (non-hydrogen) atoms. The van der Waals surface area contributed by atoms with Crippen molar-refractivity contribution in [2.75, 3.05) is 26.4 Å². The van der Waals surface area contributed by atoms with Gasteiger partial charge in [-0.2, -0.15) is 0 Å². The van der Waals surface area contributed by atoms with Crippen molar-refractivity contribution in [3.05, 3.63) is 0 Å². The van der Waals surface area contributed by atoms with E-state index < -0.39 is 0 Å². The summed E-state index contributed by atoms with van der Waals surface area (Å²) in [4.78, 5) is 12.2. The molecule has 2 heterocycles. The summed E-state index contributed by atoms with van der Waals surface area (Å²) in [6, 6.07) is 0.313. The van der Waals surface area contributed by atoms with Crippen LogP contribution in [-0.2, 0) is 14.3 Å². The first-order valence-electron chi connectivity index (χ1n) is 6.95. The Morgan fingerprint density at radius 3 is 2.83 bits per heavy atom. The molecule has 4 atom stereocenters. The van der Waals surface area contributed by atoms with Crippen LogP contribution in [0.5, 0.6) is 0 Å². The lowest BCUT2D eigenvalue weighted by atomic mass is 10.0. The molecule has 2 fully saturated rings. The van der Waals surface area contributed by atoms with E-state index >= 15 is 0 Å². The van der Waals surface area contributed by atoms with Gasteiger partial charge < -0.3 is 20.1 Å². The van der Waals surface area contributed by atoms with Crippen LogP contribution in [0.25, 0.3) is 0 Å². The van der Waals surface area contributed by atoms with E-state index in [1.165, 1.54) is 0 Å². The second kappa shape index (κ2) is 6.50. The third-order valence-electron chi connectivity index (χ3n) is 3.78. The van der Waals surface area contributed by atoms with Gasteiger partial charge in [-0.1, -0.05) is 6.92 Å². The quantitative estimate of drug-likeness (QED) is 0.742. The second-order valence-corrected chi connectivity index (χ2v) is 5.18. The van der Waals surface area contributed by atoms with Crippen molar-refractivity contribution in [2.45, 2.75) is 44.9 Å². The van der Waals surface area contributed by atoms with E-state index in [2.05, 4.69) is 17.6 Å². The zero-order valence-corrected chi connectivity index (χ0v) is 11.3. The zero-order valence-electron chi connectivity index (χ0n) is 11.3. The van der Waals surface area contributed by atoms with Gasteiger partial charge in [-0.05, 0) is 26.3 Å². The summed E-state index contributed by atoms with van der Waals surface area (Å²) in [5.41, 5.74) is 0. The van der Waals surface area contributed by atoms with E-state index in [1.807, 2.05) is 6.92 Å². The van der Waals surface area contributed by atoms with Gasteiger partial charge in [0.05, 0.1) is 31.3 Å². The summed E-state index contributed by atoms with van der Waals surface area (Å²) in [6.45, 7) is 6.96. The van der Waals surface area contributed by atoms with E-state index in [-0.39, 0.29) is 30.0 Å². The Balaban J connectivity index is 1.83. The summed E-state index contributed by atoms with van der Waals surface area (Å²) in [5.74, 6) is 0.0350. The average molecular weight is 256 g/mol. The number of amides is 1. The van der Waals surface area contributed by atoms with E-state index in [0.29, 0.717) is 13.2 Å². The minimum Gasteiger partial charge on any atom is -0.379 e. The molecular formula is C13H24N2O3. The summed E-state index contributed by atoms with van der Waals surface area (Å²) in [5, 5.41) is 6.47. The molecule has 0 aromatic heterocycles. The molecule has 0 radical (unpaired) electrons. The Bertz CT molecular complexity index is 285. The highest BCUT2D eigenvalue weighted by Gasteiger charge is 2.36. The first-order chi connectivity index (χ1) is 8.72. The Kier molecular flexibility index (Phi) is 4.97. The number of hydrogen-bond donors (Lipinski definition) is 2. The van der Waals surface area contributed by atoms with Gasteiger partial charge >= 0.3 is 0 Å². The molecule has 0 aromatic rings. The van der Waals surface area contributed by atoms with Crippen molar-refractivity contribution in [2.24, 2.45) is 5.92 Å². The molecule has 2 aliphatic heterocycles. The van der Waals surface area contributed by atoms with E-state index in [4.69, 9.17) is 9.47 Å². The molecule has 2 rings (SSSR count). The van der Waals surface area contributed by atoms with Crippen molar-refractivity contribution in [1.29, 1.82) is 0 Å². The van der Waals surface area contributed by atoms with Crippen molar-refractivity contribution >= 4 is 5.91 Å². The lowest BCUT2D eigenvalue weighted by Gasteiger charge is -2.22. The van der Waals surface area contributed by atoms with Crippen LogP contribution in [0.1, 0.15) is 26.7 Å². The predicted molar refractivity (Wildman–Crippen MR) is 68.4 cm³/mol. The van der Waals surface area contributed by atoms with Gasteiger partial charge in [0, 0.05) is 12.6 Å². The predicted octanol–water partition coefficient (Wildman–Crippen LogP) is 0.295. The molecule has 5 heteroatoms. The fraction of sp³-hybridized carbons (Fsp3) is 0.923. The van der Waals surface area contributed by atoms with Gasteiger partial charge in [-0.25, -0.2) is 0 Å². The Morgan fingerprint density at radius 2 is 2.17 bits per heavy atom. The Hall–Kier alpha value is -0.650. The molecule has 0 saturated carbocycles. The minimum atomic E-state index is -0.0654. The molecule has 2 aliphatic rings. The van der Waals surface area contributed by atoms with Crippen molar-refractivity contribution in [1.82, 2.24) is 10.6 Å². The highest BCUT2D eigenvalue weighted by molar-refractivity contribution is 5.80. The SMILES string of the molecule is CCCNC1COCC1C(=O)NC1CCOC1C. The fourth-order valence-corrected chi connectivity index (χ4v) is 2.55. The normalized spacial score (nSPS) is 35.9. The standard InChI is InChI=1S/C13H24N2O3/c1-3-5-14-12-8-17-7-10(12)13(16)15-11-4-6-18-9(11)2/h9-12,14H,3-8H2,1-2H3,(H,15,16). The summed E-state index contributed by atoms with van der Waals surface area (Å²) in [7, 11) is 0. The molecule has 1 amide bonds. The Morgan fingerprint density at radius 1 is 1.33 bits per heavy atom. The minimum absolute atomic E-state index is 0.0654. The number of nitrogens with one attached hydrogen (secondary N) is 2. The van der Waals surface area contributed by atoms with Crippen LogP contribution in [0.15, 0.2) is 0 Å². The fourth-order valence-electron chi connectivity index (χ4n) is 2.55. The lowest BCUT2D eigenvalue weighted by Crippen LogP contribution is -2.48. The van der Waals surface area contributed by atoms with E-state index in [0.717, 1.165) is 26.0 Å². The van der Waals surface area contributed by atoms with Crippen LogP contribution in [0.4, 0.5) is 0 Å². The van der Waals surface area contributed by atoms with E-state index in [9.17, 15) is 4.79 Å². The maximum Gasteiger partial charge on any atom is 0.227 e. The molecular weight excluding hydrogens is 232 g/mol. The van der Waals surface area contributed by atoms with Gasteiger partial charge in [-0.3, -0.25) is 4.79 Å². The third-order valence-corrected chi connectivity index (χ3v) is 3.78. The van der Waals surface area contributed by atoms with Gasteiger partial charge in [0.15, 0.2) is 0 Å². The van der Waals surface area contributed by atoms with Crippen LogP contribution in [-0.4, -0.2) is 50.5 Å². The Labute approximate surface area is 109 Å². The molecule has 0 spiro atoms. The first kappa shape index (κ1) is 13.8. The number of ether oxygens (including phenoxy) is 2. The topological polar surface area (TPSA) is 59.6 Å². The number of carbonyl (C=O) groups excluding carboxylic acids is 1. The van der Waals surface area contributed by atoms with Crippen LogP contribution >= 0.6 is 0 Å². The van der Waals surface area contributed by atoms with Gasteiger partial charge in [0.25, 0.3) is 0 Å². The van der Waals surface area contributed by atoms with Gasteiger partial charge in [0.1, 0.15) is 0 Å². The summed E-state index contributed by atoms with van der Waals surface area (Å²) < 4.78 is 10.9. The molecule has 2 N–H and O–H groups in total. The molecule has 0 bridgehead atoms. The number of carbonyl (C=O) groups is 1. The monoisotopic (exact) mass is 256 g/mol. The van der Waals surface area contributed by atoms with Crippen molar-refractivity contribution in [3.63, 3.8) is 0 Å². The largest absolute Gasteiger partial charge is 0.379 e. The number of hydrogen-bond acceptors (Lipinski definition) is 4. The maximum absolute atomic E-state index is 12.2. The number of rotatable bonds is 5. The smallest absolute Gasteiger partial charge is 0.227 e. The van der Waals surface area contributed by atoms with Crippen LogP contribution in [0.2, 0.25) is 0 Å². The zero-order chi connectivity index (χ0) is 13.0. The van der Waals surface area contributed by atoms with E-state index in [1.54, 1.807) is 0 Å². The molecule has 4 unspecified atom stereocenters. The lowest BCUT2D eigenvalue weighted by molar-refractivity contribution is -0.126. The van der Waals surface area contributed by atoms with Gasteiger partial charge in [-0.15, -0.1) is 0 Å². The molecule has 2 saturated heterocycles. The van der Waals surface area contributed by atoms with Gasteiger partial charge in [0.2, 0.25) is 5.91 Å². The highest BCUT2D eigenvalue weighted by Crippen LogP contribution is 2.17. The summed E-state index contributed by atoms with van der Waals surface area (Å²) >= 11 is 0. The summed E-state index contributed by atoms with van der Waals surface area (Å²) in [6.07, 6.45) is 2.10. The molecule has 0 aromatic carbocycles. The van der Waals surface area contributed by atoms with Crippen LogP contribution < -0.4 is 10.6 Å². The molecule has 104 valence electrons. The third kappa shape index (κ3) is 3.22.